The van der Waals surface area contributed by atoms with Crippen molar-refractivity contribution < 1.29 is 5.11 Å². The summed E-state index contributed by atoms with van der Waals surface area (Å²) in [5.74, 6) is 1.16. The van der Waals surface area contributed by atoms with Crippen LogP contribution in [0.1, 0.15) is 43.7 Å². The Bertz CT molecular complexity index is 362. The van der Waals surface area contributed by atoms with Gasteiger partial charge < -0.3 is 10.0 Å². The van der Waals surface area contributed by atoms with E-state index in [-0.39, 0.29) is 6.61 Å². The van der Waals surface area contributed by atoms with Crippen molar-refractivity contribution >= 4 is 16.5 Å². The molecule has 16 heavy (non-hydrogen) atoms. The lowest BCUT2D eigenvalue weighted by Crippen LogP contribution is -2.18. The Morgan fingerprint density at radius 1 is 1.56 bits per heavy atom. The summed E-state index contributed by atoms with van der Waals surface area (Å²) in [6, 6.07) is 0. The third-order valence-corrected chi connectivity index (χ3v) is 4.22. The van der Waals surface area contributed by atoms with Crippen LogP contribution in [0, 0.1) is 5.92 Å². The quantitative estimate of drug-likeness (QED) is 0.882. The van der Waals surface area contributed by atoms with Gasteiger partial charge >= 0.3 is 0 Å². The van der Waals surface area contributed by atoms with E-state index in [1.165, 1.54) is 6.42 Å². The van der Waals surface area contributed by atoms with Crippen molar-refractivity contribution in [3.63, 3.8) is 0 Å². The molecule has 0 bridgehead atoms. The molecule has 1 aliphatic rings. The summed E-state index contributed by atoms with van der Waals surface area (Å²) >= 11 is 1.65. The zero-order valence-electron chi connectivity index (χ0n) is 10.2. The molecule has 0 spiro atoms. The molecule has 0 aromatic carbocycles. The number of aliphatic hydroxyl groups is 1. The molecule has 1 aliphatic heterocycles. The smallest absolute Gasteiger partial charge is 0.185 e. The van der Waals surface area contributed by atoms with Gasteiger partial charge in [-0.15, -0.1) is 0 Å². The fourth-order valence-corrected chi connectivity index (χ4v) is 3.27. The Morgan fingerprint density at radius 2 is 2.31 bits per heavy atom. The van der Waals surface area contributed by atoms with Crippen molar-refractivity contribution in [3.8, 4) is 0 Å². The van der Waals surface area contributed by atoms with Gasteiger partial charge in [0.25, 0.3) is 0 Å². The summed E-state index contributed by atoms with van der Waals surface area (Å²) in [4.78, 5) is 8.06. The molecule has 0 aliphatic carbocycles. The van der Waals surface area contributed by atoms with Crippen molar-refractivity contribution in [1.82, 2.24) is 4.98 Å². The molecule has 1 aromatic rings. The Hall–Kier alpha value is -0.610. The zero-order chi connectivity index (χ0) is 11.7. The minimum atomic E-state index is 0.120. The highest BCUT2D eigenvalue weighted by Crippen LogP contribution is 2.33. The lowest BCUT2D eigenvalue weighted by Gasteiger charge is -2.13. The van der Waals surface area contributed by atoms with Crippen molar-refractivity contribution in [2.45, 2.75) is 39.7 Å². The van der Waals surface area contributed by atoms with Gasteiger partial charge in [-0.1, -0.05) is 32.1 Å². The molecule has 90 valence electrons. The number of thiazole rings is 1. The molecule has 1 N–H and O–H groups in total. The Balaban J connectivity index is 2.22. The maximum absolute atomic E-state index is 9.33. The summed E-state index contributed by atoms with van der Waals surface area (Å²) in [6.45, 7) is 8.88. The van der Waals surface area contributed by atoms with E-state index >= 15 is 0 Å². The fourth-order valence-electron chi connectivity index (χ4n) is 2.16. The molecule has 1 saturated heterocycles. The average molecular weight is 240 g/mol. The number of anilines is 1. The van der Waals surface area contributed by atoms with E-state index < -0.39 is 0 Å². The second-order valence-electron chi connectivity index (χ2n) is 4.96. The largest absolute Gasteiger partial charge is 0.391 e. The van der Waals surface area contributed by atoms with Crippen LogP contribution >= 0.6 is 11.3 Å². The summed E-state index contributed by atoms with van der Waals surface area (Å²) in [7, 11) is 0. The van der Waals surface area contributed by atoms with Crippen LogP contribution in [-0.4, -0.2) is 23.2 Å². The number of hydrogen-bond donors (Lipinski definition) is 1. The molecule has 1 aromatic heterocycles. The molecule has 1 fully saturated rings. The second-order valence-corrected chi connectivity index (χ2v) is 6.02. The first-order valence-corrected chi connectivity index (χ1v) is 6.79. The first kappa shape index (κ1) is 11.9. The normalized spacial score (nSPS) is 21.1. The minimum absolute atomic E-state index is 0.120. The van der Waals surface area contributed by atoms with Gasteiger partial charge in [-0.3, -0.25) is 0 Å². The van der Waals surface area contributed by atoms with Crippen molar-refractivity contribution in [1.29, 1.82) is 0 Å². The van der Waals surface area contributed by atoms with Crippen LogP contribution in [0.15, 0.2) is 0 Å². The van der Waals surface area contributed by atoms with E-state index in [1.54, 1.807) is 11.3 Å². The molecular weight excluding hydrogens is 220 g/mol. The Kier molecular flexibility index (Phi) is 3.50. The molecular formula is C12H20N2OS. The second kappa shape index (κ2) is 4.72. The van der Waals surface area contributed by atoms with E-state index in [1.807, 2.05) is 0 Å². The molecule has 4 heteroatoms. The molecule has 2 rings (SSSR count). The Labute approximate surface area is 101 Å². The van der Waals surface area contributed by atoms with Crippen LogP contribution < -0.4 is 4.90 Å². The fraction of sp³-hybridized carbons (Fsp3) is 0.750. The average Bonchev–Trinajstić information content (AvgIpc) is 2.82. The summed E-state index contributed by atoms with van der Waals surface area (Å²) < 4.78 is 0. The molecule has 3 nitrogen and oxygen atoms in total. The number of aromatic nitrogens is 1. The number of rotatable bonds is 3. The highest BCUT2D eigenvalue weighted by atomic mass is 32.1. The topological polar surface area (TPSA) is 36.4 Å². The van der Waals surface area contributed by atoms with E-state index in [2.05, 4.69) is 30.7 Å². The SMILES string of the molecule is CC1CCN(c2nc(C(C)C)c(CO)s2)C1. The summed E-state index contributed by atoms with van der Waals surface area (Å²) in [5, 5.41) is 10.4. The van der Waals surface area contributed by atoms with E-state index in [9.17, 15) is 5.11 Å². The first-order chi connectivity index (χ1) is 7.61. The number of hydrogen-bond acceptors (Lipinski definition) is 4. The van der Waals surface area contributed by atoms with Crippen LogP contribution in [0.3, 0.4) is 0 Å². The van der Waals surface area contributed by atoms with Crippen LogP contribution in [0.25, 0.3) is 0 Å². The highest BCUT2D eigenvalue weighted by molar-refractivity contribution is 7.15. The molecule has 2 heterocycles. The molecule has 0 radical (unpaired) electrons. The minimum Gasteiger partial charge on any atom is -0.391 e. The van der Waals surface area contributed by atoms with Crippen molar-refractivity contribution in [2.24, 2.45) is 5.92 Å². The molecule has 1 unspecified atom stereocenters. The molecule has 0 amide bonds. The van der Waals surface area contributed by atoms with Crippen molar-refractivity contribution in [2.75, 3.05) is 18.0 Å². The van der Waals surface area contributed by atoms with E-state index in [4.69, 9.17) is 0 Å². The van der Waals surface area contributed by atoms with E-state index in [0.29, 0.717) is 5.92 Å². The lowest BCUT2D eigenvalue weighted by atomic mass is 10.1. The maximum atomic E-state index is 9.33. The third kappa shape index (κ3) is 2.23. The number of nitrogens with zero attached hydrogens (tertiary/aromatic N) is 2. The van der Waals surface area contributed by atoms with Crippen LogP contribution in [0.5, 0.6) is 0 Å². The van der Waals surface area contributed by atoms with Gasteiger partial charge in [0, 0.05) is 13.1 Å². The maximum Gasteiger partial charge on any atom is 0.185 e. The summed E-state index contributed by atoms with van der Waals surface area (Å²) in [5.41, 5.74) is 1.07. The van der Waals surface area contributed by atoms with Gasteiger partial charge in [0.1, 0.15) is 0 Å². The summed E-state index contributed by atoms with van der Waals surface area (Å²) in [6.07, 6.45) is 1.26. The van der Waals surface area contributed by atoms with Gasteiger partial charge in [0.2, 0.25) is 0 Å². The molecule has 1 atom stereocenters. The monoisotopic (exact) mass is 240 g/mol. The van der Waals surface area contributed by atoms with Gasteiger partial charge in [0.05, 0.1) is 17.2 Å². The van der Waals surface area contributed by atoms with E-state index in [0.717, 1.165) is 34.7 Å². The van der Waals surface area contributed by atoms with Crippen LogP contribution in [0.4, 0.5) is 5.13 Å². The Morgan fingerprint density at radius 3 is 2.75 bits per heavy atom. The van der Waals surface area contributed by atoms with Gasteiger partial charge in [-0.25, -0.2) is 4.98 Å². The predicted octanol–water partition coefficient (Wildman–Crippen LogP) is 2.61. The zero-order valence-corrected chi connectivity index (χ0v) is 11.0. The molecule has 0 saturated carbocycles. The lowest BCUT2D eigenvalue weighted by molar-refractivity contribution is 0.283. The van der Waals surface area contributed by atoms with Crippen LogP contribution in [-0.2, 0) is 6.61 Å². The highest BCUT2D eigenvalue weighted by Gasteiger charge is 2.23. The van der Waals surface area contributed by atoms with Gasteiger partial charge in [-0.2, -0.15) is 0 Å². The predicted molar refractivity (Wildman–Crippen MR) is 68.1 cm³/mol. The van der Waals surface area contributed by atoms with Crippen molar-refractivity contribution in [3.05, 3.63) is 10.6 Å². The number of aliphatic hydroxyl groups excluding tert-OH is 1. The first-order valence-electron chi connectivity index (χ1n) is 5.97. The van der Waals surface area contributed by atoms with Crippen LogP contribution in [0.2, 0.25) is 0 Å². The van der Waals surface area contributed by atoms with Gasteiger partial charge in [0.15, 0.2) is 5.13 Å². The standard InChI is InChI=1S/C12H20N2OS/c1-8(2)11-10(7-15)16-12(13-11)14-5-4-9(3)6-14/h8-9,15H,4-7H2,1-3H3. The third-order valence-electron chi connectivity index (χ3n) is 3.10. The van der Waals surface area contributed by atoms with Gasteiger partial charge in [-0.05, 0) is 18.3 Å².